The molecule has 2 rings (SSSR count). The van der Waals surface area contributed by atoms with Crippen molar-refractivity contribution < 1.29 is 9.59 Å². The highest BCUT2D eigenvalue weighted by Crippen LogP contribution is 2.27. The first-order valence-electron chi connectivity index (χ1n) is 9.33. The Morgan fingerprint density at radius 1 is 0.893 bits per heavy atom. The van der Waals surface area contributed by atoms with Crippen LogP contribution in [0.2, 0.25) is 0 Å². The Balaban J connectivity index is 1.93. The molecule has 0 bridgehead atoms. The van der Waals surface area contributed by atoms with Gasteiger partial charge in [-0.25, -0.2) is 0 Å². The molecule has 0 fully saturated rings. The van der Waals surface area contributed by atoms with Crippen molar-refractivity contribution in [3.63, 3.8) is 0 Å². The minimum Gasteiger partial charge on any atom is -0.286 e. The Morgan fingerprint density at radius 2 is 1.50 bits per heavy atom. The largest absolute Gasteiger partial charge is 0.286 e. The molecule has 0 radical (unpaired) electrons. The SMILES string of the molecule is C=Cc1ccc(CSC(=O)C(CCC)C(=O)SCc2cccc(C=C)c2)cc1. The molecule has 1 unspecified atom stereocenters. The molecule has 0 spiro atoms. The van der Waals surface area contributed by atoms with E-state index in [2.05, 4.69) is 13.2 Å². The number of rotatable bonds is 10. The second kappa shape index (κ2) is 11.7. The fourth-order valence-corrected chi connectivity index (χ4v) is 4.61. The molecule has 0 saturated heterocycles. The molecule has 146 valence electrons. The summed E-state index contributed by atoms with van der Waals surface area (Å²) < 4.78 is 0. The molecular weight excluding hydrogens is 384 g/mol. The Morgan fingerprint density at radius 3 is 2.07 bits per heavy atom. The van der Waals surface area contributed by atoms with Crippen LogP contribution in [-0.2, 0) is 21.1 Å². The Hall–Kier alpha value is -2.04. The van der Waals surface area contributed by atoms with Gasteiger partial charge in [-0.05, 0) is 28.7 Å². The van der Waals surface area contributed by atoms with Crippen molar-refractivity contribution in [2.75, 3.05) is 0 Å². The zero-order chi connectivity index (χ0) is 20.4. The zero-order valence-corrected chi connectivity index (χ0v) is 17.9. The lowest BCUT2D eigenvalue weighted by molar-refractivity contribution is -0.123. The number of hydrogen-bond donors (Lipinski definition) is 0. The highest BCUT2D eigenvalue weighted by Gasteiger charge is 2.26. The van der Waals surface area contributed by atoms with E-state index in [0.717, 1.165) is 28.7 Å². The lowest BCUT2D eigenvalue weighted by Crippen LogP contribution is -2.19. The summed E-state index contributed by atoms with van der Waals surface area (Å²) in [5, 5.41) is -0.0719. The molecule has 2 aromatic rings. The summed E-state index contributed by atoms with van der Waals surface area (Å²) >= 11 is 2.47. The van der Waals surface area contributed by atoms with E-state index >= 15 is 0 Å². The van der Waals surface area contributed by atoms with E-state index in [0.29, 0.717) is 17.9 Å². The van der Waals surface area contributed by atoms with Gasteiger partial charge in [0.1, 0.15) is 0 Å². The van der Waals surface area contributed by atoms with Crippen molar-refractivity contribution in [3.05, 3.63) is 83.9 Å². The quantitative estimate of drug-likeness (QED) is 0.413. The van der Waals surface area contributed by atoms with E-state index in [1.807, 2.05) is 55.5 Å². The number of carbonyl (C=O) groups is 2. The predicted octanol–water partition coefficient (Wildman–Crippen LogP) is 6.61. The van der Waals surface area contributed by atoms with E-state index in [-0.39, 0.29) is 10.2 Å². The van der Waals surface area contributed by atoms with Gasteiger partial charge in [0.2, 0.25) is 10.2 Å². The molecule has 0 aromatic heterocycles. The van der Waals surface area contributed by atoms with E-state index in [1.54, 1.807) is 12.2 Å². The maximum atomic E-state index is 12.7. The summed E-state index contributed by atoms with van der Waals surface area (Å²) in [6, 6.07) is 15.9. The molecule has 0 aliphatic rings. The van der Waals surface area contributed by atoms with Gasteiger partial charge in [-0.1, -0.05) is 111 Å². The van der Waals surface area contributed by atoms with Crippen molar-refractivity contribution in [1.29, 1.82) is 0 Å². The van der Waals surface area contributed by atoms with Crippen molar-refractivity contribution in [2.45, 2.75) is 31.3 Å². The lowest BCUT2D eigenvalue weighted by Gasteiger charge is -2.13. The number of benzene rings is 2. The van der Waals surface area contributed by atoms with Crippen LogP contribution < -0.4 is 0 Å². The number of carbonyl (C=O) groups excluding carboxylic acids is 2. The Labute approximate surface area is 176 Å². The number of hydrogen-bond acceptors (Lipinski definition) is 4. The average Bonchev–Trinajstić information content (AvgIpc) is 2.74. The second-order valence-electron chi connectivity index (χ2n) is 6.45. The molecular formula is C24H26O2S2. The fourth-order valence-electron chi connectivity index (χ4n) is 2.69. The third-order valence-electron chi connectivity index (χ3n) is 4.31. The molecule has 4 heteroatoms. The Kier molecular flexibility index (Phi) is 9.32. The molecule has 0 aliphatic heterocycles. The first-order chi connectivity index (χ1) is 13.6. The van der Waals surface area contributed by atoms with Gasteiger partial charge in [0.25, 0.3) is 0 Å². The van der Waals surface area contributed by atoms with Crippen molar-refractivity contribution in [3.8, 4) is 0 Å². The third-order valence-corrected chi connectivity index (χ3v) is 6.40. The molecule has 2 nitrogen and oxygen atoms in total. The summed E-state index contributed by atoms with van der Waals surface area (Å²) in [7, 11) is 0. The maximum Gasteiger partial charge on any atom is 0.200 e. The summed E-state index contributed by atoms with van der Waals surface area (Å²) in [6.45, 7) is 9.52. The van der Waals surface area contributed by atoms with Gasteiger partial charge in [-0.15, -0.1) is 0 Å². The van der Waals surface area contributed by atoms with Crippen LogP contribution in [0.15, 0.2) is 61.7 Å². The predicted molar refractivity (Wildman–Crippen MR) is 124 cm³/mol. The second-order valence-corrected chi connectivity index (χ2v) is 8.41. The molecule has 0 heterocycles. The van der Waals surface area contributed by atoms with Gasteiger partial charge in [0.05, 0.1) is 5.92 Å². The average molecular weight is 411 g/mol. The summed E-state index contributed by atoms with van der Waals surface area (Å²) in [5.74, 6) is 0.604. The first kappa shape index (κ1) is 22.3. The topological polar surface area (TPSA) is 34.1 Å². The highest BCUT2D eigenvalue weighted by molar-refractivity contribution is 8.15. The normalized spacial score (nSPS) is 11.6. The van der Waals surface area contributed by atoms with Gasteiger partial charge < -0.3 is 0 Å². The van der Waals surface area contributed by atoms with E-state index in [4.69, 9.17) is 0 Å². The Bertz CT molecular complexity index is 825. The van der Waals surface area contributed by atoms with Crippen LogP contribution in [0.1, 0.15) is 42.0 Å². The smallest absolute Gasteiger partial charge is 0.200 e. The summed E-state index contributed by atoms with van der Waals surface area (Å²) in [4.78, 5) is 25.4. The van der Waals surface area contributed by atoms with Crippen LogP contribution in [0.25, 0.3) is 12.2 Å². The monoisotopic (exact) mass is 410 g/mol. The van der Waals surface area contributed by atoms with E-state index in [9.17, 15) is 9.59 Å². The van der Waals surface area contributed by atoms with Gasteiger partial charge in [0, 0.05) is 11.5 Å². The van der Waals surface area contributed by atoms with Gasteiger partial charge in [-0.3, -0.25) is 9.59 Å². The van der Waals surface area contributed by atoms with Crippen LogP contribution in [0.3, 0.4) is 0 Å². The molecule has 0 saturated carbocycles. The summed E-state index contributed by atoms with van der Waals surface area (Å²) in [6.07, 6.45) is 4.99. The molecule has 1 atom stereocenters. The van der Waals surface area contributed by atoms with Crippen LogP contribution in [0, 0.1) is 5.92 Å². The van der Waals surface area contributed by atoms with Gasteiger partial charge in [-0.2, -0.15) is 0 Å². The third kappa shape index (κ3) is 6.84. The van der Waals surface area contributed by atoms with Crippen LogP contribution in [-0.4, -0.2) is 10.2 Å². The van der Waals surface area contributed by atoms with Crippen LogP contribution in [0.4, 0.5) is 0 Å². The lowest BCUT2D eigenvalue weighted by atomic mass is 10.1. The minimum absolute atomic E-state index is 0.0352. The molecule has 28 heavy (non-hydrogen) atoms. The first-order valence-corrected chi connectivity index (χ1v) is 11.3. The fraction of sp³-hybridized carbons (Fsp3) is 0.250. The maximum absolute atomic E-state index is 12.7. The standard InChI is InChI=1S/C24H26O2S2/c1-4-8-22(23(25)27-16-20-13-11-18(5-2)12-14-20)24(26)28-17-21-10-7-9-19(6-3)15-21/h5-7,9-15,22H,2-4,8,16-17H2,1H3. The molecule has 0 N–H and O–H groups in total. The van der Waals surface area contributed by atoms with Crippen LogP contribution in [0.5, 0.6) is 0 Å². The molecule has 2 aromatic carbocycles. The highest BCUT2D eigenvalue weighted by atomic mass is 32.2. The van der Waals surface area contributed by atoms with E-state index in [1.165, 1.54) is 23.5 Å². The van der Waals surface area contributed by atoms with Crippen molar-refractivity contribution >= 4 is 45.9 Å². The minimum atomic E-state index is -0.546. The molecule has 0 aliphatic carbocycles. The van der Waals surface area contributed by atoms with Crippen molar-refractivity contribution in [2.24, 2.45) is 5.92 Å². The zero-order valence-electron chi connectivity index (χ0n) is 16.2. The number of thioether (sulfide) groups is 2. The van der Waals surface area contributed by atoms with Gasteiger partial charge in [0.15, 0.2) is 0 Å². The van der Waals surface area contributed by atoms with E-state index < -0.39 is 5.92 Å². The van der Waals surface area contributed by atoms with Crippen molar-refractivity contribution in [1.82, 2.24) is 0 Å². The van der Waals surface area contributed by atoms with Crippen LogP contribution >= 0.6 is 23.5 Å². The summed E-state index contributed by atoms with van der Waals surface area (Å²) in [5.41, 5.74) is 4.22. The van der Waals surface area contributed by atoms with Gasteiger partial charge >= 0.3 is 0 Å². The molecule has 0 amide bonds.